The van der Waals surface area contributed by atoms with Crippen LogP contribution >= 0.6 is 0 Å². The number of hydrogen-bond donors (Lipinski definition) is 1. The van der Waals surface area contributed by atoms with Crippen LogP contribution in [0.15, 0.2) is 54.7 Å². The van der Waals surface area contributed by atoms with Crippen molar-refractivity contribution in [3.63, 3.8) is 0 Å². The minimum Gasteiger partial charge on any atom is -0.454 e. The molecule has 1 fully saturated rings. The number of benzene rings is 2. The van der Waals surface area contributed by atoms with Gasteiger partial charge in [0, 0.05) is 30.4 Å². The normalized spacial score (nSPS) is 18.9. The predicted molar refractivity (Wildman–Crippen MR) is 110 cm³/mol. The zero-order chi connectivity index (χ0) is 19.6. The Balaban J connectivity index is 1.47. The number of ether oxygens (including phenoxy) is 2. The fourth-order valence-electron chi connectivity index (χ4n) is 4.13. The van der Waals surface area contributed by atoms with E-state index in [0.717, 1.165) is 60.8 Å². The third-order valence-electron chi connectivity index (χ3n) is 5.55. The fourth-order valence-corrected chi connectivity index (χ4v) is 4.13. The third-order valence-corrected chi connectivity index (χ3v) is 5.55. The summed E-state index contributed by atoms with van der Waals surface area (Å²) in [5, 5.41) is 15.0. The van der Waals surface area contributed by atoms with Gasteiger partial charge in [-0.1, -0.05) is 30.3 Å². The lowest BCUT2D eigenvalue weighted by molar-refractivity contribution is 0.0669. The van der Waals surface area contributed by atoms with E-state index in [1.807, 2.05) is 41.1 Å². The first kappa shape index (κ1) is 18.2. The summed E-state index contributed by atoms with van der Waals surface area (Å²) in [6, 6.07) is 16.3. The van der Waals surface area contributed by atoms with E-state index in [4.69, 9.17) is 14.6 Å². The molecule has 0 radical (unpaired) electrons. The van der Waals surface area contributed by atoms with Gasteiger partial charge in [-0.2, -0.15) is 5.10 Å². The van der Waals surface area contributed by atoms with Crippen LogP contribution in [0.1, 0.15) is 24.0 Å². The summed E-state index contributed by atoms with van der Waals surface area (Å²) in [7, 11) is 0. The van der Waals surface area contributed by atoms with Crippen LogP contribution < -0.4 is 9.47 Å². The Hall–Kier alpha value is -2.83. The third kappa shape index (κ3) is 3.99. The van der Waals surface area contributed by atoms with Gasteiger partial charge in [0.2, 0.25) is 6.79 Å². The number of β-amino-alcohol motifs (C(OH)–C–C–N with tert-alkyl or cyclic N) is 1. The molecule has 1 atom stereocenters. The Bertz CT molecular complexity index is 986. The molecule has 29 heavy (non-hydrogen) atoms. The second kappa shape index (κ2) is 7.89. The van der Waals surface area contributed by atoms with Gasteiger partial charge in [-0.3, -0.25) is 9.58 Å². The summed E-state index contributed by atoms with van der Waals surface area (Å²) in [5.74, 6) is 1.54. The first-order chi connectivity index (χ1) is 14.2. The Kier molecular flexibility index (Phi) is 4.96. The van der Waals surface area contributed by atoms with E-state index in [9.17, 15) is 5.11 Å². The molecule has 0 aliphatic carbocycles. The number of rotatable bonds is 5. The number of piperidine rings is 1. The maximum Gasteiger partial charge on any atom is 0.231 e. The fraction of sp³-hybridized carbons (Fsp3) is 0.348. The number of fused-ring (bicyclic) bond motifs is 1. The SMILES string of the molecule is O[C@@H]1CCCN(Cc2cn(Cc3ccccc3)nc2-c2ccc3c(c2)OCO3)C1. The van der Waals surface area contributed by atoms with Crippen molar-refractivity contribution in [1.82, 2.24) is 14.7 Å². The first-order valence-corrected chi connectivity index (χ1v) is 10.2. The zero-order valence-corrected chi connectivity index (χ0v) is 16.3. The highest BCUT2D eigenvalue weighted by atomic mass is 16.7. The molecule has 1 saturated heterocycles. The van der Waals surface area contributed by atoms with E-state index in [-0.39, 0.29) is 12.9 Å². The lowest BCUT2D eigenvalue weighted by Gasteiger charge is -2.29. The van der Waals surface area contributed by atoms with Gasteiger partial charge in [-0.05, 0) is 43.1 Å². The van der Waals surface area contributed by atoms with E-state index in [1.54, 1.807) is 0 Å². The van der Waals surface area contributed by atoms with Gasteiger partial charge >= 0.3 is 0 Å². The molecule has 5 rings (SSSR count). The largest absolute Gasteiger partial charge is 0.454 e. The summed E-state index contributed by atoms with van der Waals surface area (Å²) in [6.07, 6.45) is 3.81. The first-order valence-electron chi connectivity index (χ1n) is 10.2. The minimum absolute atomic E-state index is 0.239. The van der Waals surface area contributed by atoms with E-state index in [1.165, 1.54) is 5.56 Å². The summed E-state index contributed by atoms with van der Waals surface area (Å²) in [4.78, 5) is 2.31. The van der Waals surface area contributed by atoms with Crippen molar-refractivity contribution < 1.29 is 14.6 Å². The van der Waals surface area contributed by atoms with Crippen LogP contribution in [0.3, 0.4) is 0 Å². The summed E-state index contributed by atoms with van der Waals surface area (Å²) >= 11 is 0. The molecule has 6 heteroatoms. The molecule has 0 spiro atoms. The monoisotopic (exact) mass is 391 g/mol. The zero-order valence-electron chi connectivity index (χ0n) is 16.3. The standard InChI is InChI=1S/C23H25N3O3/c27-20-7-4-10-25(15-20)13-19-14-26(12-17-5-2-1-3-6-17)24-23(19)18-8-9-21-22(11-18)29-16-28-21/h1-3,5-6,8-9,11,14,20,27H,4,7,10,12-13,15-16H2/t20-/m1/s1. The molecular formula is C23H25N3O3. The topological polar surface area (TPSA) is 59.8 Å². The average Bonchev–Trinajstić information content (AvgIpc) is 3.35. The van der Waals surface area contributed by atoms with Crippen molar-refractivity contribution >= 4 is 0 Å². The molecule has 6 nitrogen and oxygen atoms in total. The maximum atomic E-state index is 10.1. The van der Waals surface area contributed by atoms with Gasteiger partial charge in [0.05, 0.1) is 18.3 Å². The lowest BCUT2D eigenvalue weighted by atomic mass is 10.0. The van der Waals surface area contributed by atoms with Crippen molar-refractivity contribution in [1.29, 1.82) is 0 Å². The molecule has 1 aromatic heterocycles. The molecule has 0 bridgehead atoms. The van der Waals surface area contributed by atoms with Crippen LogP contribution in [0, 0.1) is 0 Å². The van der Waals surface area contributed by atoms with Gasteiger partial charge in [-0.25, -0.2) is 0 Å². The Morgan fingerprint density at radius 3 is 2.76 bits per heavy atom. The van der Waals surface area contributed by atoms with Crippen molar-refractivity contribution in [2.45, 2.75) is 32.0 Å². The number of likely N-dealkylation sites (tertiary alicyclic amines) is 1. The number of hydrogen-bond acceptors (Lipinski definition) is 5. The lowest BCUT2D eigenvalue weighted by Crippen LogP contribution is -2.37. The molecule has 2 aliphatic rings. The maximum absolute atomic E-state index is 10.1. The Morgan fingerprint density at radius 1 is 1.03 bits per heavy atom. The molecule has 0 saturated carbocycles. The molecular weight excluding hydrogens is 366 g/mol. The molecule has 150 valence electrons. The second-order valence-corrected chi connectivity index (χ2v) is 7.79. The predicted octanol–water partition coefficient (Wildman–Crippen LogP) is 3.28. The highest BCUT2D eigenvalue weighted by Crippen LogP contribution is 2.36. The number of aliphatic hydroxyl groups excluding tert-OH is 1. The van der Waals surface area contributed by atoms with Gasteiger partial charge in [0.25, 0.3) is 0 Å². The average molecular weight is 391 g/mol. The van der Waals surface area contributed by atoms with E-state index < -0.39 is 0 Å². The molecule has 3 aromatic rings. The number of aromatic nitrogens is 2. The smallest absolute Gasteiger partial charge is 0.231 e. The minimum atomic E-state index is -0.239. The van der Waals surface area contributed by atoms with Crippen molar-refractivity contribution in [2.24, 2.45) is 0 Å². The van der Waals surface area contributed by atoms with Crippen LogP contribution in [0.25, 0.3) is 11.3 Å². The van der Waals surface area contributed by atoms with Crippen molar-refractivity contribution in [2.75, 3.05) is 19.9 Å². The molecule has 0 unspecified atom stereocenters. The van der Waals surface area contributed by atoms with Crippen LogP contribution in [0.2, 0.25) is 0 Å². The highest BCUT2D eigenvalue weighted by Gasteiger charge is 2.22. The molecule has 1 N–H and O–H groups in total. The Morgan fingerprint density at radius 2 is 1.90 bits per heavy atom. The quantitative estimate of drug-likeness (QED) is 0.723. The second-order valence-electron chi connectivity index (χ2n) is 7.79. The number of aliphatic hydroxyl groups is 1. The molecule has 2 aromatic carbocycles. The van der Waals surface area contributed by atoms with Crippen LogP contribution in [-0.4, -0.2) is 45.8 Å². The highest BCUT2D eigenvalue weighted by molar-refractivity contribution is 5.67. The molecule has 3 heterocycles. The van der Waals surface area contributed by atoms with Crippen LogP contribution in [-0.2, 0) is 13.1 Å². The van der Waals surface area contributed by atoms with E-state index in [2.05, 4.69) is 23.2 Å². The summed E-state index contributed by atoms with van der Waals surface area (Å²) in [6.45, 7) is 3.47. The van der Waals surface area contributed by atoms with E-state index in [0.29, 0.717) is 6.54 Å². The molecule has 2 aliphatic heterocycles. The van der Waals surface area contributed by atoms with Crippen LogP contribution in [0.4, 0.5) is 0 Å². The van der Waals surface area contributed by atoms with Gasteiger partial charge < -0.3 is 14.6 Å². The van der Waals surface area contributed by atoms with Crippen molar-refractivity contribution in [3.8, 4) is 22.8 Å². The summed E-state index contributed by atoms with van der Waals surface area (Å²) < 4.78 is 13.0. The van der Waals surface area contributed by atoms with E-state index >= 15 is 0 Å². The molecule has 0 amide bonds. The summed E-state index contributed by atoms with van der Waals surface area (Å²) in [5.41, 5.74) is 4.36. The van der Waals surface area contributed by atoms with Gasteiger partial charge in [0.1, 0.15) is 0 Å². The Labute approximate surface area is 170 Å². The van der Waals surface area contributed by atoms with Crippen LogP contribution in [0.5, 0.6) is 11.5 Å². The van der Waals surface area contributed by atoms with Gasteiger partial charge in [0.15, 0.2) is 11.5 Å². The number of nitrogens with zero attached hydrogens (tertiary/aromatic N) is 3. The van der Waals surface area contributed by atoms with Gasteiger partial charge in [-0.15, -0.1) is 0 Å². The van der Waals surface area contributed by atoms with Crippen molar-refractivity contribution in [3.05, 3.63) is 65.9 Å².